The van der Waals surface area contributed by atoms with Crippen LogP contribution in [0.3, 0.4) is 0 Å². The maximum atomic E-state index is 9.80. The molecule has 0 saturated carbocycles. The summed E-state index contributed by atoms with van der Waals surface area (Å²) in [6.07, 6.45) is 1.46. The third-order valence-corrected chi connectivity index (χ3v) is 4.32. The Kier molecular flexibility index (Phi) is 5.83. The predicted octanol–water partition coefficient (Wildman–Crippen LogP) is 5.07. The van der Waals surface area contributed by atoms with Crippen LogP contribution in [0, 0.1) is 4.77 Å². The quantitative estimate of drug-likeness (QED) is 0.439. The largest absolute Gasteiger partial charge is 0.507 e. The highest BCUT2D eigenvalue weighted by molar-refractivity contribution is 7.71. The summed E-state index contributed by atoms with van der Waals surface area (Å²) in [5, 5.41) is 21.7. The van der Waals surface area contributed by atoms with Gasteiger partial charge >= 0.3 is 0 Å². The highest BCUT2D eigenvalue weighted by Crippen LogP contribution is 2.36. The number of nitrogens with zero attached hydrogens (tertiary/aromatic N) is 3. The minimum atomic E-state index is 0.00627. The first-order valence-electron chi connectivity index (χ1n) is 7.21. The van der Waals surface area contributed by atoms with E-state index in [1.807, 2.05) is 0 Å². The fraction of sp³-hybridized carbons (Fsp3) is 0.0625. The maximum Gasteiger partial charge on any atom is 0.216 e. The van der Waals surface area contributed by atoms with Gasteiger partial charge in [0.15, 0.2) is 11.6 Å². The summed E-state index contributed by atoms with van der Waals surface area (Å²) in [5.74, 6) is 0.774. The molecule has 0 aliphatic heterocycles. The lowest BCUT2D eigenvalue weighted by molar-refractivity contribution is 0.291. The van der Waals surface area contributed by atoms with Crippen molar-refractivity contribution in [1.82, 2.24) is 14.9 Å². The second-order valence-corrected chi connectivity index (χ2v) is 6.68. The van der Waals surface area contributed by atoms with Gasteiger partial charge in [0, 0.05) is 10.6 Å². The first-order valence-corrected chi connectivity index (χ1v) is 8.76. The molecule has 3 aromatic rings. The van der Waals surface area contributed by atoms with Crippen LogP contribution < -0.4 is 4.74 Å². The number of aromatic amines is 1. The zero-order valence-electron chi connectivity index (χ0n) is 13.0. The molecule has 0 unspecified atom stereocenters. The number of aromatic nitrogens is 3. The van der Waals surface area contributed by atoms with Crippen molar-refractivity contribution in [2.45, 2.75) is 6.61 Å². The lowest BCUT2D eigenvalue weighted by Crippen LogP contribution is -2.05. The molecule has 0 aliphatic carbocycles. The molecule has 0 amide bonds. The van der Waals surface area contributed by atoms with E-state index in [0.717, 1.165) is 0 Å². The van der Waals surface area contributed by atoms with Gasteiger partial charge in [0.05, 0.1) is 16.3 Å². The van der Waals surface area contributed by atoms with Crippen LogP contribution in [-0.2, 0) is 6.61 Å². The van der Waals surface area contributed by atoms with Crippen LogP contribution in [0.2, 0.25) is 15.1 Å². The molecule has 0 atom stereocenters. The summed E-state index contributed by atoms with van der Waals surface area (Å²) in [6.45, 7) is 0.00627. The van der Waals surface area contributed by atoms with Crippen LogP contribution in [-0.4, -0.2) is 26.2 Å². The normalized spacial score (nSPS) is 11.2. The summed E-state index contributed by atoms with van der Waals surface area (Å²) >= 11 is 23.2. The van der Waals surface area contributed by atoms with E-state index in [9.17, 15) is 5.11 Å². The Balaban J connectivity index is 1.83. The molecule has 26 heavy (non-hydrogen) atoms. The second kappa shape index (κ2) is 8.09. The van der Waals surface area contributed by atoms with Gasteiger partial charge in [-0.15, -0.1) is 0 Å². The van der Waals surface area contributed by atoms with E-state index in [1.165, 1.54) is 23.0 Å². The van der Waals surface area contributed by atoms with Crippen LogP contribution in [0.1, 0.15) is 11.4 Å². The molecule has 0 spiro atoms. The SMILES string of the molecule is Oc1ccccc1/C=N/n1c(COc2c(Cl)cc(Cl)cc2Cl)n[nH]c1=S. The number of hydrogen-bond acceptors (Lipinski definition) is 5. The average molecular weight is 430 g/mol. The van der Waals surface area contributed by atoms with Crippen molar-refractivity contribution in [3.05, 3.63) is 67.6 Å². The molecule has 10 heteroatoms. The zero-order chi connectivity index (χ0) is 18.7. The number of hydrogen-bond donors (Lipinski definition) is 2. The van der Waals surface area contributed by atoms with Crippen molar-refractivity contribution in [3.63, 3.8) is 0 Å². The Hall–Kier alpha value is -2.06. The van der Waals surface area contributed by atoms with Crippen molar-refractivity contribution in [2.75, 3.05) is 0 Å². The van der Waals surface area contributed by atoms with E-state index >= 15 is 0 Å². The van der Waals surface area contributed by atoms with E-state index in [2.05, 4.69) is 15.3 Å². The minimum absolute atomic E-state index is 0.00627. The number of phenols is 1. The van der Waals surface area contributed by atoms with Gasteiger partial charge in [-0.25, -0.2) is 5.10 Å². The molecule has 6 nitrogen and oxygen atoms in total. The standard InChI is InChI=1S/C16H11Cl3N4O2S/c17-10-5-11(18)15(12(19)6-10)25-8-14-21-22-16(26)23(14)20-7-9-3-1-2-4-13(9)24/h1-7,24H,8H2,(H,22,26)/b20-7+. The highest BCUT2D eigenvalue weighted by atomic mass is 35.5. The molecule has 134 valence electrons. The van der Waals surface area contributed by atoms with Gasteiger partial charge in [-0.2, -0.15) is 14.9 Å². The van der Waals surface area contributed by atoms with Gasteiger partial charge in [-0.05, 0) is 36.5 Å². The van der Waals surface area contributed by atoms with Crippen LogP contribution in [0.4, 0.5) is 0 Å². The van der Waals surface area contributed by atoms with Crippen molar-refractivity contribution in [2.24, 2.45) is 5.10 Å². The van der Waals surface area contributed by atoms with Gasteiger partial charge in [0.2, 0.25) is 4.77 Å². The fourth-order valence-electron chi connectivity index (χ4n) is 2.06. The lowest BCUT2D eigenvalue weighted by Gasteiger charge is -2.09. The van der Waals surface area contributed by atoms with Gasteiger partial charge in [0.1, 0.15) is 12.4 Å². The lowest BCUT2D eigenvalue weighted by atomic mass is 10.2. The highest BCUT2D eigenvalue weighted by Gasteiger charge is 2.12. The molecule has 2 N–H and O–H groups in total. The molecule has 1 heterocycles. The molecule has 0 fully saturated rings. The Morgan fingerprint density at radius 3 is 2.62 bits per heavy atom. The first-order chi connectivity index (χ1) is 12.5. The number of rotatable bonds is 5. The topological polar surface area (TPSA) is 75.4 Å². The van der Waals surface area contributed by atoms with E-state index in [1.54, 1.807) is 24.3 Å². The van der Waals surface area contributed by atoms with Gasteiger partial charge in [-0.1, -0.05) is 46.9 Å². The molecular formula is C16H11Cl3N4O2S. The molecule has 1 aromatic heterocycles. The third kappa shape index (κ3) is 4.19. The van der Waals surface area contributed by atoms with E-state index in [0.29, 0.717) is 16.4 Å². The predicted molar refractivity (Wildman–Crippen MR) is 104 cm³/mol. The van der Waals surface area contributed by atoms with Gasteiger partial charge < -0.3 is 9.84 Å². The second-order valence-electron chi connectivity index (χ2n) is 5.05. The van der Waals surface area contributed by atoms with Gasteiger partial charge in [0.25, 0.3) is 0 Å². The van der Waals surface area contributed by atoms with Crippen LogP contribution in [0.5, 0.6) is 11.5 Å². The summed E-state index contributed by atoms with van der Waals surface area (Å²) in [4.78, 5) is 0. The first kappa shape index (κ1) is 18.7. The molecule has 0 aliphatic rings. The molecule has 0 radical (unpaired) electrons. The fourth-order valence-corrected chi connectivity index (χ4v) is 3.18. The Bertz CT molecular complexity index is 1010. The molecule has 2 aromatic carbocycles. The average Bonchev–Trinajstić information content (AvgIpc) is 2.93. The zero-order valence-corrected chi connectivity index (χ0v) is 16.1. The van der Waals surface area contributed by atoms with Crippen molar-refractivity contribution < 1.29 is 9.84 Å². The molecule has 0 saturated heterocycles. The van der Waals surface area contributed by atoms with Crippen LogP contribution in [0.25, 0.3) is 0 Å². The van der Waals surface area contributed by atoms with Crippen LogP contribution in [0.15, 0.2) is 41.5 Å². The molecule has 0 bridgehead atoms. The summed E-state index contributed by atoms with van der Waals surface area (Å²) < 4.78 is 7.28. The molecule has 3 rings (SSSR count). The minimum Gasteiger partial charge on any atom is -0.507 e. The summed E-state index contributed by atoms with van der Waals surface area (Å²) in [6, 6.07) is 9.82. The number of nitrogens with one attached hydrogen (secondary N) is 1. The van der Waals surface area contributed by atoms with E-state index in [4.69, 9.17) is 51.8 Å². The Labute approximate surface area is 168 Å². The van der Waals surface area contributed by atoms with Crippen molar-refractivity contribution in [1.29, 1.82) is 0 Å². The summed E-state index contributed by atoms with van der Waals surface area (Å²) in [7, 11) is 0. The summed E-state index contributed by atoms with van der Waals surface area (Å²) in [5.41, 5.74) is 0.534. The van der Waals surface area contributed by atoms with Crippen molar-refractivity contribution >= 4 is 53.2 Å². The van der Waals surface area contributed by atoms with Crippen molar-refractivity contribution in [3.8, 4) is 11.5 Å². The monoisotopic (exact) mass is 428 g/mol. The molecular weight excluding hydrogens is 419 g/mol. The number of aromatic hydroxyl groups is 1. The number of H-pyrrole nitrogens is 1. The number of benzene rings is 2. The maximum absolute atomic E-state index is 9.80. The smallest absolute Gasteiger partial charge is 0.216 e. The van der Waals surface area contributed by atoms with E-state index in [-0.39, 0.29) is 32.9 Å². The Morgan fingerprint density at radius 2 is 1.92 bits per heavy atom. The third-order valence-electron chi connectivity index (χ3n) is 3.28. The number of halogens is 3. The van der Waals surface area contributed by atoms with E-state index < -0.39 is 0 Å². The Morgan fingerprint density at radius 1 is 1.23 bits per heavy atom. The number of para-hydroxylation sites is 1. The van der Waals surface area contributed by atoms with Crippen LogP contribution >= 0.6 is 47.0 Å². The number of ether oxygens (including phenoxy) is 1. The van der Waals surface area contributed by atoms with Gasteiger partial charge in [-0.3, -0.25) is 0 Å². The number of phenolic OH excluding ortho intramolecular Hbond substituents is 1.